The van der Waals surface area contributed by atoms with E-state index in [1.165, 1.54) is 0 Å². The smallest absolute Gasteiger partial charge is 0.333 e. The summed E-state index contributed by atoms with van der Waals surface area (Å²) in [6, 6.07) is 0. The van der Waals surface area contributed by atoms with Crippen molar-refractivity contribution >= 4 is 14.0 Å². The highest BCUT2D eigenvalue weighted by Crippen LogP contribution is 2.24. The molecule has 6 heteroatoms. The van der Waals surface area contributed by atoms with Crippen LogP contribution in [0.2, 0.25) is 0 Å². The Morgan fingerprint density at radius 1 is 1.50 bits per heavy atom. The van der Waals surface area contributed by atoms with Crippen LogP contribution < -0.4 is 0 Å². The van der Waals surface area contributed by atoms with Crippen molar-refractivity contribution < 1.29 is 23.4 Å². The van der Waals surface area contributed by atoms with Crippen LogP contribution in [0, 0.1) is 0 Å². The fourth-order valence-corrected chi connectivity index (χ4v) is 1.81. The lowest BCUT2D eigenvalue weighted by atomic mass is 10.4. The van der Waals surface area contributed by atoms with Gasteiger partial charge in [0.2, 0.25) is 0 Å². The maximum atomic E-state index is 11.4. The number of carbonyl (C=O) groups excluding carboxylic acids is 1. The summed E-state index contributed by atoms with van der Waals surface area (Å²) in [5, 5.41) is 0. The molecule has 0 fully saturated rings. The lowest BCUT2D eigenvalue weighted by Gasteiger charge is -2.11. The fraction of sp³-hybridized carbons (Fsp3) is 0.700. The van der Waals surface area contributed by atoms with Gasteiger partial charge in [0.1, 0.15) is 6.61 Å². The second kappa shape index (κ2) is 8.50. The van der Waals surface area contributed by atoms with Crippen molar-refractivity contribution in [2.24, 2.45) is 0 Å². The summed E-state index contributed by atoms with van der Waals surface area (Å²) in [5.41, 5.74) is 0.327. The molecule has 0 aromatic carbocycles. The molecule has 16 heavy (non-hydrogen) atoms. The largest absolute Gasteiger partial charge is 0.462 e. The summed E-state index contributed by atoms with van der Waals surface area (Å²) in [6.07, 6.45) is 0.00538. The minimum Gasteiger partial charge on any atom is -0.462 e. The second-order valence-electron chi connectivity index (χ2n) is 3.42. The van der Waals surface area contributed by atoms with Gasteiger partial charge in [0.25, 0.3) is 0 Å². The molecule has 0 aromatic rings. The van der Waals surface area contributed by atoms with Gasteiger partial charge in [-0.05, 0) is 13.8 Å². The van der Waals surface area contributed by atoms with Gasteiger partial charge in [0, 0.05) is 12.7 Å². The molecule has 0 heterocycles. The van der Waals surface area contributed by atoms with E-state index in [1.54, 1.807) is 21.0 Å². The molecular formula is C10H19O5P. The molecule has 0 bridgehead atoms. The Morgan fingerprint density at radius 2 is 2.12 bits per heavy atom. The Kier molecular flexibility index (Phi) is 8.16. The van der Waals surface area contributed by atoms with Crippen molar-refractivity contribution in [2.45, 2.75) is 20.0 Å². The highest BCUT2D eigenvalue weighted by Gasteiger charge is 2.09. The van der Waals surface area contributed by atoms with Crippen molar-refractivity contribution in [2.75, 3.05) is 26.5 Å². The van der Waals surface area contributed by atoms with E-state index in [0.29, 0.717) is 12.2 Å². The van der Waals surface area contributed by atoms with Crippen molar-refractivity contribution in [3.63, 3.8) is 0 Å². The molecule has 0 aliphatic heterocycles. The monoisotopic (exact) mass is 250 g/mol. The number of carbonyl (C=O) groups is 1. The van der Waals surface area contributed by atoms with Gasteiger partial charge >= 0.3 is 5.97 Å². The third-order valence-corrected chi connectivity index (χ3v) is 2.90. The molecule has 0 saturated heterocycles. The molecule has 0 spiro atoms. The highest BCUT2D eigenvalue weighted by atomic mass is 31.1. The summed E-state index contributed by atoms with van der Waals surface area (Å²) in [6.45, 7) is 7.24. The van der Waals surface area contributed by atoms with Crippen molar-refractivity contribution in [1.29, 1.82) is 0 Å². The predicted octanol–water partition coefficient (Wildman–Crippen LogP) is 1.63. The van der Waals surface area contributed by atoms with E-state index < -0.39 is 14.0 Å². The lowest BCUT2D eigenvalue weighted by molar-refractivity contribution is -0.138. The standard InChI is InChI=1S/C10H19O5P/c1-8(2)10(11)14-5-6-16(12)15-9(3)7-13-4/h9,16H,1,5-7H2,2-4H3. The Bertz CT molecular complexity index is 264. The Hall–Kier alpha value is -0.640. The van der Waals surface area contributed by atoms with Gasteiger partial charge in [-0.25, -0.2) is 4.79 Å². The Morgan fingerprint density at radius 3 is 2.62 bits per heavy atom. The zero-order valence-electron chi connectivity index (χ0n) is 9.95. The van der Waals surface area contributed by atoms with Crippen LogP contribution in [-0.4, -0.2) is 38.6 Å². The first-order chi connectivity index (χ1) is 7.47. The first kappa shape index (κ1) is 15.4. The van der Waals surface area contributed by atoms with E-state index in [2.05, 4.69) is 6.58 Å². The summed E-state index contributed by atoms with van der Waals surface area (Å²) in [4.78, 5) is 11.0. The maximum absolute atomic E-state index is 11.4. The molecule has 94 valence electrons. The van der Waals surface area contributed by atoms with Crippen LogP contribution in [0.25, 0.3) is 0 Å². The number of rotatable bonds is 8. The third-order valence-electron chi connectivity index (χ3n) is 1.62. The molecule has 0 rings (SSSR count). The Labute approximate surface area is 96.6 Å². The van der Waals surface area contributed by atoms with Gasteiger partial charge in [0.15, 0.2) is 8.03 Å². The third kappa shape index (κ3) is 7.63. The lowest BCUT2D eigenvalue weighted by Crippen LogP contribution is -2.13. The maximum Gasteiger partial charge on any atom is 0.333 e. The van der Waals surface area contributed by atoms with E-state index in [4.69, 9.17) is 14.0 Å². The van der Waals surface area contributed by atoms with E-state index >= 15 is 0 Å². The Balaban J connectivity index is 3.66. The zero-order valence-corrected chi connectivity index (χ0v) is 10.9. The van der Waals surface area contributed by atoms with Crippen molar-refractivity contribution in [1.82, 2.24) is 0 Å². The highest BCUT2D eigenvalue weighted by molar-refractivity contribution is 7.39. The van der Waals surface area contributed by atoms with Crippen LogP contribution in [0.1, 0.15) is 13.8 Å². The molecule has 2 unspecified atom stereocenters. The van der Waals surface area contributed by atoms with Gasteiger partial charge in [0.05, 0.1) is 18.9 Å². The van der Waals surface area contributed by atoms with Crippen molar-refractivity contribution in [3.8, 4) is 0 Å². The average Bonchev–Trinajstić information content (AvgIpc) is 2.17. The molecular weight excluding hydrogens is 231 g/mol. The molecule has 0 amide bonds. The van der Waals surface area contributed by atoms with Crippen LogP contribution in [0.3, 0.4) is 0 Å². The SMILES string of the molecule is C=C(C)C(=O)OCC[PH](=O)OC(C)COC. The number of esters is 1. The van der Waals surface area contributed by atoms with E-state index in [-0.39, 0.29) is 18.9 Å². The summed E-state index contributed by atoms with van der Waals surface area (Å²) in [7, 11) is -0.621. The van der Waals surface area contributed by atoms with Gasteiger partial charge in [-0.15, -0.1) is 0 Å². The van der Waals surface area contributed by atoms with Crippen LogP contribution in [0.15, 0.2) is 12.2 Å². The van der Waals surface area contributed by atoms with Gasteiger partial charge in [-0.1, -0.05) is 6.58 Å². The summed E-state index contributed by atoms with van der Waals surface area (Å²) in [5.74, 6) is -0.472. The van der Waals surface area contributed by atoms with E-state index in [9.17, 15) is 9.36 Å². The molecule has 0 N–H and O–H groups in total. The topological polar surface area (TPSA) is 61.8 Å². The molecule has 5 nitrogen and oxygen atoms in total. The minimum absolute atomic E-state index is 0.0865. The first-order valence-electron chi connectivity index (χ1n) is 4.98. The molecule has 0 aromatic heterocycles. The fourth-order valence-electron chi connectivity index (χ4n) is 0.902. The van der Waals surface area contributed by atoms with Crippen molar-refractivity contribution in [3.05, 3.63) is 12.2 Å². The number of ether oxygens (including phenoxy) is 2. The molecule has 0 saturated carbocycles. The van der Waals surface area contributed by atoms with Crippen LogP contribution in [0.4, 0.5) is 0 Å². The predicted molar refractivity (Wildman–Crippen MR) is 62.1 cm³/mol. The van der Waals surface area contributed by atoms with Gasteiger partial charge in [-0.2, -0.15) is 0 Å². The number of hydrogen-bond acceptors (Lipinski definition) is 5. The minimum atomic E-state index is -2.17. The van der Waals surface area contributed by atoms with E-state index in [0.717, 1.165) is 0 Å². The molecule has 0 aliphatic rings. The van der Waals surface area contributed by atoms with Gasteiger partial charge in [-0.3, -0.25) is 4.57 Å². The number of hydrogen-bond donors (Lipinski definition) is 0. The van der Waals surface area contributed by atoms with Gasteiger partial charge < -0.3 is 14.0 Å². The first-order valence-corrected chi connectivity index (χ1v) is 6.50. The number of methoxy groups -OCH3 is 1. The van der Waals surface area contributed by atoms with Crippen LogP contribution in [-0.2, 0) is 23.4 Å². The average molecular weight is 250 g/mol. The normalized spacial score (nSPS) is 14.2. The quantitative estimate of drug-likeness (QED) is 0.372. The van der Waals surface area contributed by atoms with Crippen LogP contribution >= 0.6 is 8.03 Å². The zero-order chi connectivity index (χ0) is 12.6. The summed E-state index contributed by atoms with van der Waals surface area (Å²) >= 11 is 0. The van der Waals surface area contributed by atoms with E-state index in [1.807, 2.05) is 0 Å². The summed E-state index contributed by atoms with van der Waals surface area (Å²) < 4.78 is 26.1. The molecule has 2 atom stereocenters. The second-order valence-corrected chi connectivity index (χ2v) is 4.90. The molecule has 0 aliphatic carbocycles. The molecule has 0 radical (unpaired) electrons. The van der Waals surface area contributed by atoms with Crippen LogP contribution in [0.5, 0.6) is 0 Å².